The van der Waals surface area contributed by atoms with Gasteiger partial charge >= 0.3 is 0 Å². The summed E-state index contributed by atoms with van der Waals surface area (Å²) in [5.41, 5.74) is 5.75. The topological polar surface area (TPSA) is 41.3 Å². The molecule has 3 heteroatoms. The highest BCUT2D eigenvalue weighted by molar-refractivity contribution is 4.79. The van der Waals surface area contributed by atoms with E-state index in [0.29, 0.717) is 5.92 Å². The summed E-state index contributed by atoms with van der Waals surface area (Å²) in [4.78, 5) is 2.65. The molecule has 2 fully saturated rings. The first-order chi connectivity index (χ1) is 7.38. The lowest BCUT2D eigenvalue weighted by Crippen LogP contribution is -2.44. The van der Waals surface area contributed by atoms with Crippen molar-refractivity contribution in [2.75, 3.05) is 39.3 Å². The molecule has 0 aromatic heterocycles. The minimum absolute atomic E-state index is 0.716. The van der Waals surface area contributed by atoms with Crippen molar-refractivity contribution in [1.29, 1.82) is 0 Å². The van der Waals surface area contributed by atoms with Crippen molar-refractivity contribution < 1.29 is 0 Å². The van der Waals surface area contributed by atoms with Crippen molar-refractivity contribution in [3.05, 3.63) is 0 Å². The van der Waals surface area contributed by atoms with Crippen LogP contribution < -0.4 is 11.1 Å². The Morgan fingerprint density at radius 2 is 1.80 bits per heavy atom. The minimum atomic E-state index is 0.716. The van der Waals surface area contributed by atoms with Gasteiger partial charge in [-0.25, -0.2) is 0 Å². The van der Waals surface area contributed by atoms with Gasteiger partial charge in [0.2, 0.25) is 0 Å². The Bertz CT molecular complexity index is 178. The zero-order chi connectivity index (χ0) is 10.5. The number of piperidine rings is 2. The van der Waals surface area contributed by atoms with Crippen LogP contribution in [0.2, 0.25) is 0 Å². The maximum Gasteiger partial charge on any atom is 0.00219 e. The summed E-state index contributed by atoms with van der Waals surface area (Å²) in [5.74, 6) is 1.55. The first-order valence-electron chi connectivity index (χ1n) is 6.51. The molecule has 2 unspecified atom stereocenters. The van der Waals surface area contributed by atoms with E-state index in [1.54, 1.807) is 0 Å². The van der Waals surface area contributed by atoms with Crippen LogP contribution in [0.1, 0.15) is 25.7 Å². The lowest BCUT2D eigenvalue weighted by Gasteiger charge is -2.35. The van der Waals surface area contributed by atoms with Crippen LogP contribution in [0.5, 0.6) is 0 Å². The molecule has 0 aromatic rings. The smallest absolute Gasteiger partial charge is 0.00219 e. The molecule has 2 heterocycles. The van der Waals surface area contributed by atoms with Crippen LogP contribution in [-0.4, -0.2) is 44.2 Å². The highest BCUT2D eigenvalue weighted by atomic mass is 15.1. The van der Waals surface area contributed by atoms with Crippen LogP contribution in [0.25, 0.3) is 0 Å². The third-order valence-corrected chi connectivity index (χ3v) is 3.83. The lowest BCUT2D eigenvalue weighted by atomic mass is 9.90. The van der Waals surface area contributed by atoms with Gasteiger partial charge in [0.15, 0.2) is 0 Å². The quantitative estimate of drug-likeness (QED) is 0.720. The number of rotatable bonds is 3. The molecule has 2 rings (SSSR count). The molecular formula is C12H25N3. The maximum absolute atomic E-state index is 5.75. The largest absolute Gasteiger partial charge is 0.330 e. The van der Waals surface area contributed by atoms with E-state index in [4.69, 9.17) is 5.73 Å². The fourth-order valence-electron chi connectivity index (χ4n) is 2.96. The Labute approximate surface area is 93.4 Å². The highest BCUT2D eigenvalue weighted by Crippen LogP contribution is 2.18. The first kappa shape index (κ1) is 11.4. The monoisotopic (exact) mass is 211 g/mol. The summed E-state index contributed by atoms with van der Waals surface area (Å²) >= 11 is 0. The Balaban J connectivity index is 1.72. The molecule has 2 aliphatic rings. The second kappa shape index (κ2) is 5.83. The van der Waals surface area contributed by atoms with Gasteiger partial charge in [0, 0.05) is 6.54 Å². The van der Waals surface area contributed by atoms with Crippen molar-refractivity contribution in [3.63, 3.8) is 0 Å². The van der Waals surface area contributed by atoms with E-state index in [-0.39, 0.29) is 0 Å². The number of hydrogen-bond acceptors (Lipinski definition) is 3. The molecule has 0 radical (unpaired) electrons. The SMILES string of the molecule is NCC1CNCC(CN2CCCCC2)C1. The molecule has 0 bridgehead atoms. The Morgan fingerprint density at radius 3 is 2.53 bits per heavy atom. The maximum atomic E-state index is 5.75. The molecular weight excluding hydrogens is 186 g/mol. The predicted molar refractivity (Wildman–Crippen MR) is 63.8 cm³/mol. The number of nitrogens with two attached hydrogens (primary N) is 1. The van der Waals surface area contributed by atoms with E-state index >= 15 is 0 Å². The third-order valence-electron chi connectivity index (χ3n) is 3.83. The molecule has 2 aliphatic heterocycles. The third kappa shape index (κ3) is 3.44. The van der Waals surface area contributed by atoms with Crippen LogP contribution >= 0.6 is 0 Å². The van der Waals surface area contributed by atoms with Crippen LogP contribution in [0, 0.1) is 11.8 Å². The molecule has 0 aliphatic carbocycles. The van der Waals surface area contributed by atoms with E-state index in [1.165, 1.54) is 51.9 Å². The number of nitrogens with zero attached hydrogens (tertiary/aromatic N) is 1. The molecule has 0 spiro atoms. The van der Waals surface area contributed by atoms with Crippen LogP contribution in [-0.2, 0) is 0 Å². The lowest BCUT2D eigenvalue weighted by molar-refractivity contribution is 0.164. The second-order valence-corrected chi connectivity index (χ2v) is 5.22. The normalized spacial score (nSPS) is 34.2. The fourth-order valence-corrected chi connectivity index (χ4v) is 2.96. The van der Waals surface area contributed by atoms with Gasteiger partial charge in [-0.3, -0.25) is 0 Å². The van der Waals surface area contributed by atoms with Gasteiger partial charge in [-0.15, -0.1) is 0 Å². The second-order valence-electron chi connectivity index (χ2n) is 5.22. The van der Waals surface area contributed by atoms with Gasteiger partial charge in [0.25, 0.3) is 0 Å². The zero-order valence-corrected chi connectivity index (χ0v) is 9.75. The number of likely N-dealkylation sites (tertiary alicyclic amines) is 1. The molecule has 88 valence electrons. The van der Waals surface area contributed by atoms with E-state index in [1.807, 2.05) is 0 Å². The van der Waals surface area contributed by atoms with Crippen LogP contribution in [0.3, 0.4) is 0 Å². The predicted octanol–water partition coefficient (Wildman–Crippen LogP) is 0.657. The molecule has 2 atom stereocenters. The van der Waals surface area contributed by atoms with Gasteiger partial charge in [-0.05, 0) is 63.8 Å². The van der Waals surface area contributed by atoms with Crippen molar-refractivity contribution in [1.82, 2.24) is 10.2 Å². The van der Waals surface area contributed by atoms with Crippen molar-refractivity contribution >= 4 is 0 Å². The van der Waals surface area contributed by atoms with Crippen LogP contribution in [0.4, 0.5) is 0 Å². The Morgan fingerprint density at radius 1 is 1.07 bits per heavy atom. The fraction of sp³-hybridized carbons (Fsp3) is 1.00. The van der Waals surface area contributed by atoms with Crippen molar-refractivity contribution in [2.45, 2.75) is 25.7 Å². The first-order valence-corrected chi connectivity index (χ1v) is 6.51. The van der Waals surface area contributed by atoms with Gasteiger partial charge in [-0.2, -0.15) is 0 Å². The summed E-state index contributed by atoms with van der Waals surface area (Å²) in [7, 11) is 0. The standard InChI is InChI=1S/C12H25N3/c13-7-11-6-12(9-14-8-11)10-15-4-2-1-3-5-15/h11-12,14H,1-10,13H2. The minimum Gasteiger partial charge on any atom is -0.330 e. The molecule has 2 saturated heterocycles. The number of hydrogen-bond donors (Lipinski definition) is 2. The molecule has 15 heavy (non-hydrogen) atoms. The highest BCUT2D eigenvalue weighted by Gasteiger charge is 2.23. The van der Waals surface area contributed by atoms with Crippen LogP contribution in [0.15, 0.2) is 0 Å². The van der Waals surface area contributed by atoms with Gasteiger partial charge < -0.3 is 16.0 Å². The van der Waals surface area contributed by atoms with Gasteiger partial charge in [0.05, 0.1) is 0 Å². The summed E-state index contributed by atoms with van der Waals surface area (Å²) < 4.78 is 0. The van der Waals surface area contributed by atoms with Crippen molar-refractivity contribution in [3.8, 4) is 0 Å². The van der Waals surface area contributed by atoms with E-state index in [0.717, 1.165) is 19.0 Å². The average molecular weight is 211 g/mol. The number of nitrogens with one attached hydrogen (secondary N) is 1. The molecule has 0 aromatic carbocycles. The Hall–Kier alpha value is -0.120. The van der Waals surface area contributed by atoms with Crippen molar-refractivity contribution in [2.24, 2.45) is 17.6 Å². The van der Waals surface area contributed by atoms with Gasteiger partial charge in [0.1, 0.15) is 0 Å². The Kier molecular flexibility index (Phi) is 4.42. The molecule has 0 amide bonds. The summed E-state index contributed by atoms with van der Waals surface area (Å²) in [6, 6.07) is 0. The molecule has 0 saturated carbocycles. The summed E-state index contributed by atoms with van der Waals surface area (Å²) in [6.07, 6.45) is 5.58. The molecule has 3 nitrogen and oxygen atoms in total. The van der Waals surface area contributed by atoms with Gasteiger partial charge in [-0.1, -0.05) is 6.42 Å². The van der Waals surface area contributed by atoms with E-state index in [9.17, 15) is 0 Å². The average Bonchev–Trinajstić information content (AvgIpc) is 2.31. The summed E-state index contributed by atoms with van der Waals surface area (Å²) in [6.45, 7) is 7.13. The molecule has 3 N–H and O–H groups in total. The zero-order valence-electron chi connectivity index (χ0n) is 9.75. The van der Waals surface area contributed by atoms with E-state index < -0.39 is 0 Å². The summed E-state index contributed by atoms with van der Waals surface area (Å²) in [5, 5.41) is 3.52. The van der Waals surface area contributed by atoms with E-state index in [2.05, 4.69) is 10.2 Å².